The molecule has 1 N–H and O–H groups in total. The standard InChI is InChI=1S/C16H16BrNO2/c1-11(12-3-5-14(17)6-4-12)18-10-13-9-15(20-2)7-8-16(13)19/h3-11,19H,1-2H3/t11-/m1/s1. The van der Waals surface area contributed by atoms with Gasteiger partial charge in [0.2, 0.25) is 0 Å². The average Bonchev–Trinajstić information content (AvgIpc) is 2.47. The highest BCUT2D eigenvalue weighted by atomic mass is 79.9. The number of phenolic OH excluding ortho intramolecular Hbond substituents is 1. The van der Waals surface area contributed by atoms with Gasteiger partial charge in [0.1, 0.15) is 11.5 Å². The highest BCUT2D eigenvalue weighted by Crippen LogP contribution is 2.23. The number of methoxy groups -OCH3 is 1. The van der Waals surface area contributed by atoms with E-state index in [0.717, 1.165) is 10.0 Å². The normalized spacial score (nSPS) is 12.6. The maximum absolute atomic E-state index is 9.80. The Kier molecular flexibility index (Phi) is 4.79. The first-order valence-corrected chi connectivity index (χ1v) is 7.05. The number of halogens is 1. The van der Waals surface area contributed by atoms with Gasteiger partial charge in [0.25, 0.3) is 0 Å². The van der Waals surface area contributed by atoms with Gasteiger partial charge in [-0.2, -0.15) is 0 Å². The maximum Gasteiger partial charge on any atom is 0.124 e. The van der Waals surface area contributed by atoms with Crippen LogP contribution in [0.5, 0.6) is 11.5 Å². The third-order valence-electron chi connectivity index (χ3n) is 3.02. The van der Waals surface area contributed by atoms with Crippen molar-refractivity contribution in [2.75, 3.05) is 7.11 Å². The van der Waals surface area contributed by atoms with Crippen LogP contribution in [-0.2, 0) is 0 Å². The Morgan fingerprint density at radius 1 is 1.20 bits per heavy atom. The molecule has 0 aromatic heterocycles. The second-order valence-electron chi connectivity index (χ2n) is 4.43. The summed E-state index contributed by atoms with van der Waals surface area (Å²) in [7, 11) is 1.59. The van der Waals surface area contributed by atoms with Crippen molar-refractivity contribution in [1.82, 2.24) is 0 Å². The quantitative estimate of drug-likeness (QED) is 0.845. The molecule has 0 radical (unpaired) electrons. The number of aliphatic imine (C=N–C) groups is 1. The smallest absolute Gasteiger partial charge is 0.124 e. The molecule has 20 heavy (non-hydrogen) atoms. The van der Waals surface area contributed by atoms with Crippen LogP contribution in [0.4, 0.5) is 0 Å². The molecule has 0 aliphatic heterocycles. The first-order chi connectivity index (χ1) is 9.60. The lowest BCUT2D eigenvalue weighted by Crippen LogP contribution is -1.92. The average molecular weight is 334 g/mol. The Labute approximate surface area is 127 Å². The number of rotatable bonds is 4. The fourth-order valence-corrected chi connectivity index (χ4v) is 2.05. The number of hydrogen-bond acceptors (Lipinski definition) is 3. The summed E-state index contributed by atoms with van der Waals surface area (Å²) in [4.78, 5) is 4.47. The van der Waals surface area contributed by atoms with E-state index in [9.17, 15) is 5.11 Å². The second kappa shape index (κ2) is 6.57. The van der Waals surface area contributed by atoms with Crippen LogP contribution in [0, 0.1) is 0 Å². The summed E-state index contributed by atoms with van der Waals surface area (Å²) in [6.07, 6.45) is 1.67. The number of ether oxygens (including phenoxy) is 1. The molecule has 2 aromatic rings. The fourth-order valence-electron chi connectivity index (χ4n) is 1.78. The van der Waals surface area contributed by atoms with Crippen LogP contribution in [0.3, 0.4) is 0 Å². The molecule has 0 heterocycles. The van der Waals surface area contributed by atoms with Gasteiger partial charge in [-0.25, -0.2) is 0 Å². The molecular weight excluding hydrogens is 318 g/mol. The highest BCUT2D eigenvalue weighted by Gasteiger charge is 2.04. The predicted molar refractivity (Wildman–Crippen MR) is 84.8 cm³/mol. The second-order valence-corrected chi connectivity index (χ2v) is 5.35. The largest absolute Gasteiger partial charge is 0.507 e. The zero-order valence-corrected chi connectivity index (χ0v) is 13.0. The van der Waals surface area contributed by atoms with Crippen LogP contribution in [0.25, 0.3) is 0 Å². The Morgan fingerprint density at radius 3 is 2.55 bits per heavy atom. The van der Waals surface area contributed by atoms with E-state index in [4.69, 9.17) is 4.74 Å². The number of aromatic hydroxyl groups is 1. The lowest BCUT2D eigenvalue weighted by molar-refractivity contribution is 0.412. The molecule has 0 saturated heterocycles. The van der Waals surface area contributed by atoms with E-state index in [2.05, 4.69) is 20.9 Å². The minimum Gasteiger partial charge on any atom is -0.507 e. The molecule has 1 atom stereocenters. The Hall–Kier alpha value is -1.81. The molecule has 0 spiro atoms. The first-order valence-electron chi connectivity index (χ1n) is 6.26. The molecule has 2 aromatic carbocycles. The Bertz CT molecular complexity index is 608. The van der Waals surface area contributed by atoms with Crippen molar-refractivity contribution < 1.29 is 9.84 Å². The number of hydrogen-bond donors (Lipinski definition) is 1. The van der Waals surface area contributed by atoms with Gasteiger partial charge in [-0.05, 0) is 42.8 Å². The molecule has 0 aliphatic carbocycles. The fraction of sp³-hybridized carbons (Fsp3) is 0.188. The summed E-state index contributed by atoms with van der Waals surface area (Å²) in [6, 6.07) is 13.1. The zero-order chi connectivity index (χ0) is 14.5. The van der Waals surface area contributed by atoms with Gasteiger partial charge in [0.15, 0.2) is 0 Å². The summed E-state index contributed by atoms with van der Waals surface area (Å²) in [5, 5.41) is 9.80. The van der Waals surface area contributed by atoms with Crippen molar-refractivity contribution in [3.8, 4) is 11.5 Å². The third kappa shape index (κ3) is 3.61. The van der Waals surface area contributed by atoms with Crippen molar-refractivity contribution in [1.29, 1.82) is 0 Å². The van der Waals surface area contributed by atoms with Crippen LogP contribution in [0.2, 0.25) is 0 Å². The van der Waals surface area contributed by atoms with E-state index in [1.165, 1.54) is 0 Å². The lowest BCUT2D eigenvalue weighted by Gasteiger charge is -2.07. The number of nitrogens with zero attached hydrogens (tertiary/aromatic N) is 1. The summed E-state index contributed by atoms with van der Waals surface area (Å²) in [6.45, 7) is 2.01. The molecule has 0 bridgehead atoms. The van der Waals surface area contributed by atoms with E-state index in [-0.39, 0.29) is 11.8 Å². The van der Waals surface area contributed by atoms with E-state index >= 15 is 0 Å². The van der Waals surface area contributed by atoms with Gasteiger partial charge >= 0.3 is 0 Å². The van der Waals surface area contributed by atoms with Crippen molar-refractivity contribution >= 4 is 22.1 Å². The van der Waals surface area contributed by atoms with E-state index in [1.807, 2.05) is 31.2 Å². The van der Waals surface area contributed by atoms with Crippen molar-refractivity contribution in [2.45, 2.75) is 13.0 Å². The Balaban J connectivity index is 2.18. The number of phenols is 1. The minimum absolute atomic E-state index is 0.0219. The molecule has 0 unspecified atom stereocenters. The third-order valence-corrected chi connectivity index (χ3v) is 3.55. The predicted octanol–water partition coefficient (Wildman–Crippen LogP) is 4.34. The van der Waals surface area contributed by atoms with Crippen LogP contribution in [0.1, 0.15) is 24.1 Å². The molecule has 0 saturated carbocycles. The molecule has 0 aliphatic rings. The van der Waals surface area contributed by atoms with Crippen molar-refractivity contribution in [2.24, 2.45) is 4.99 Å². The molecular formula is C16H16BrNO2. The first kappa shape index (κ1) is 14.6. The molecule has 0 amide bonds. The van der Waals surface area contributed by atoms with Gasteiger partial charge in [0, 0.05) is 16.3 Å². The van der Waals surface area contributed by atoms with Crippen LogP contribution >= 0.6 is 15.9 Å². The lowest BCUT2D eigenvalue weighted by atomic mass is 10.1. The minimum atomic E-state index is 0.0219. The van der Waals surface area contributed by atoms with Crippen molar-refractivity contribution in [3.05, 3.63) is 58.1 Å². The van der Waals surface area contributed by atoms with E-state index in [1.54, 1.807) is 31.5 Å². The molecule has 2 rings (SSSR count). The highest BCUT2D eigenvalue weighted by molar-refractivity contribution is 9.10. The summed E-state index contributed by atoms with van der Waals surface area (Å²) in [5.41, 5.74) is 1.76. The molecule has 3 nitrogen and oxygen atoms in total. The molecule has 4 heteroatoms. The molecule has 104 valence electrons. The van der Waals surface area contributed by atoms with Gasteiger partial charge in [-0.1, -0.05) is 28.1 Å². The monoisotopic (exact) mass is 333 g/mol. The van der Waals surface area contributed by atoms with Gasteiger partial charge in [-0.3, -0.25) is 4.99 Å². The van der Waals surface area contributed by atoms with Gasteiger partial charge < -0.3 is 9.84 Å². The SMILES string of the molecule is COc1ccc(O)c(C=N[C@H](C)c2ccc(Br)cc2)c1. The maximum atomic E-state index is 9.80. The van der Waals surface area contributed by atoms with Gasteiger partial charge in [0.05, 0.1) is 13.2 Å². The topological polar surface area (TPSA) is 41.8 Å². The Morgan fingerprint density at radius 2 is 1.90 bits per heavy atom. The van der Waals surface area contributed by atoms with Crippen LogP contribution < -0.4 is 4.74 Å². The summed E-state index contributed by atoms with van der Waals surface area (Å²) < 4.78 is 6.18. The van der Waals surface area contributed by atoms with Crippen LogP contribution in [-0.4, -0.2) is 18.4 Å². The zero-order valence-electron chi connectivity index (χ0n) is 11.4. The van der Waals surface area contributed by atoms with Crippen LogP contribution in [0.15, 0.2) is 51.9 Å². The van der Waals surface area contributed by atoms with E-state index < -0.39 is 0 Å². The number of benzene rings is 2. The van der Waals surface area contributed by atoms with Crippen molar-refractivity contribution in [3.63, 3.8) is 0 Å². The van der Waals surface area contributed by atoms with Gasteiger partial charge in [-0.15, -0.1) is 0 Å². The van der Waals surface area contributed by atoms with E-state index in [0.29, 0.717) is 11.3 Å². The summed E-state index contributed by atoms with van der Waals surface area (Å²) in [5.74, 6) is 0.887. The summed E-state index contributed by atoms with van der Waals surface area (Å²) >= 11 is 3.41. The molecule has 0 fully saturated rings.